The number of nitrogens with zero attached hydrogens (tertiary/aromatic N) is 2. The molecule has 43 nitrogen and oxygen atoms in total. The van der Waals surface area contributed by atoms with Crippen molar-refractivity contribution in [3.63, 3.8) is 0 Å². The summed E-state index contributed by atoms with van der Waals surface area (Å²) < 4.78 is 0. The number of carboxylic acids is 1. The first kappa shape index (κ1) is 108. The molecule has 0 rings (SSSR count). The maximum Gasteiger partial charge on any atom is 0.326 e. The summed E-state index contributed by atoms with van der Waals surface area (Å²) in [6.45, 7) is 19.8. The molecule has 16 atom stereocenters. The van der Waals surface area contributed by atoms with E-state index >= 15 is 0 Å². The van der Waals surface area contributed by atoms with Gasteiger partial charge in [-0.25, -0.2) is 4.79 Å². The monoisotopic (exact) mass is 1680 g/mol. The Balaban J connectivity index is 6.43. The van der Waals surface area contributed by atoms with E-state index in [-0.39, 0.29) is 94.8 Å². The zero-order chi connectivity index (χ0) is 90.2. The second kappa shape index (κ2) is 57.9. The third-order valence-corrected chi connectivity index (χ3v) is 19.5. The fraction of sp³-hybridized carbons (Fsp3) is 0.760. The molecule has 0 aliphatic heterocycles. The molecule has 0 aromatic rings. The number of guanidine groups is 2. The molecule has 0 aromatic heterocycles. The maximum atomic E-state index is 14.3. The van der Waals surface area contributed by atoms with Gasteiger partial charge in [-0.05, 0) is 125 Å². The smallest absolute Gasteiger partial charge is 0.326 e. The van der Waals surface area contributed by atoms with Crippen molar-refractivity contribution in [2.75, 3.05) is 59.0 Å². The minimum Gasteiger partial charge on any atom is -0.480 e. The van der Waals surface area contributed by atoms with E-state index in [0.29, 0.717) is 45.1 Å². The van der Waals surface area contributed by atoms with E-state index in [9.17, 15) is 92.0 Å². The lowest BCUT2D eigenvalue weighted by molar-refractivity contribution is -0.142. The predicted octanol–water partition coefficient (Wildman–Crippen LogP) is -6.93. The van der Waals surface area contributed by atoms with Gasteiger partial charge in [0.25, 0.3) is 0 Å². The highest BCUT2D eigenvalue weighted by Crippen LogP contribution is 2.16. The summed E-state index contributed by atoms with van der Waals surface area (Å²) >= 11 is 0. The van der Waals surface area contributed by atoms with Crippen LogP contribution in [-0.4, -0.2) is 259 Å². The molecule has 0 aliphatic rings. The van der Waals surface area contributed by atoms with E-state index in [1.54, 1.807) is 96.9 Å². The molecule has 0 fully saturated rings. The van der Waals surface area contributed by atoms with Crippen LogP contribution >= 0.6 is 0 Å². The number of hydrogen-bond donors (Lipinski definition) is 25. The van der Waals surface area contributed by atoms with Crippen molar-refractivity contribution in [3.8, 4) is 0 Å². The van der Waals surface area contributed by atoms with Gasteiger partial charge in [-0.1, -0.05) is 116 Å². The van der Waals surface area contributed by atoms with Crippen molar-refractivity contribution in [1.29, 1.82) is 0 Å². The lowest BCUT2D eigenvalue weighted by Gasteiger charge is -2.30. The van der Waals surface area contributed by atoms with Crippen molar-refractivity contribution in [3.05, 3.63) is 0 Å². The number of aliphatic imine (C=N–C) groups is 2. The molecule has 0 spiro atoms. The average molecular weight is 1680 g/mol. The molecule has 0 heterocycles. The number of unbranched alkanes of at least 4 members (excludes halogenated alkanes) is 2. The van der Waals surface area contributed by atoms with E-state index in [2.05, 4.69) is 89.7 Å². The Labute approximate surface area is 691 Å². The van der Waals surface area contributed by atoms with Crippen LogP contribution in [0.1, 0.15) is 187 Å². The summed E-state index contributed by atoms with van der Waals surface area (Å²) in [5, 5.41) is 68.4. The summed E-state index contributed by atoms with van der Waals surface area (Å²) in [5.74, 6) is -18.5. The van der Waals surface area contributed by atoms with E-state index in [1.807, 2.05) is 0 Å². The highest BCUT2D eigenvalue weighted by atomic mass is 16.4. The van der Waals surface area contributed by atoms with Crippen LogP contribution in [0.25, 0.3) is 0 Å². The van der Waals surface area contributed by atoms with Gasteiger partial charge < -0.3 is 135 Å². The van der Waals surface area contributed by atoms with Crippen LogP contribution in [0.2, 0.25) is 0 Å². The first-order chi connectivity index (χ1) is 55.4. The standard InChI is InChI=1S/C75H140N24O19/c1-15-42(12)58(68(112)87-35-54(104)95-59(43(13)16-2)72(116)97-56(40(8)9)69(113)91-45(26-22-30-83-74(79)80)61(105)85-33-52(102)88-46(24-18-20-28-76)63(107)92-48(73(117)118)25-19-21-29-77)99-70(114)57(41(10)11)96-66(110)51(37-101)94-71(115)60(44(14)17-3)98-65(109)50(36-100)89-53(103)34-86-62(106)49(32-38(4)5)93-64(108)47(27-23-31-84-75(81)82)90-67(111)55(78)39(6)7/h38-51,55-60,100-101H,15-37,76-78H2,1-14H3,(H,85,105)(H,86,106)(H,87,112)(H,88,102)(H,89,103)(H,90,111)(H,91,113)(H,92,107)(H,93,108)(H,94,115)(H,95,104)(H,96,110)(H,97,116)(H,98,109)(H,99,114)(H,117,118)(H4,79,80,83)(H4,81,82,84)/t42-,43-,44-,45-,46-,47-,48-,49-,50-,51-,55-,56-,57-,58-,59-,60-/m0/s1. The van der Waals surface area contributed by atoms with Gasteiger partial charge >= 0.3 is 5.97 Å². The number of aliphatic hydroxyl groups excluding tert-OH is 2. The minimum atomic E-state index is -1.77. The van der Waals surface area contributed by atoms with Crippen LogP contribution in [-0.2, 0) is 76.7 Å². The van der Waals surface area contributed by atoms with Gasteiger partial charge in [0.1, 0.15) is 72.5 Å². The second-order valence-electron chi connectivity index (χ2n) is 30.9. The van der Waals surface area contributed by atoms with Crippen LogP contribution in [0.15, 0.2) is 9.98 Å². The number of carbonyl (C=O) groups excluding carboxylic acids is 15. The molecule has 15 amide bonds. The number of carboxylic acid groups (broad SMARTS) is 1. The fourth-order valence-electron chi connectivity index (χ4n) is 11.5. The van der Waals surface area contributed by atoms with Gasteiger partial charge in [-0.2, -0.15) is 0 Å². The lowest BCUT2D eigenvalue weighted by Crippen LogP contribution is -2.62. The SMILES string of the molecule is CC[C@H](C)[C@H](NC(=O)CNC(=O)[C@@H](NC(=O)[C@@H](NC(=O)[C@H](CO)NC(=O)[C@@H](NC(=O)[C@H](CO)NC(=O)CNC(=O)[C@H](CC(C)C)NC(=O)[C@H](CCCN=C(N)N)NC(=O)[C@@H](N)C(C)C)[C@@H](C)CC)C(C)C)[C@@H](C)CC)C(=O)N[C@H](C(=O)N[C@@H](CCCN=C(N)N)C(=O)NCC(=O)N[C@@H](CCCCN)C(=O)N[C@@H](CCCCN)C(=O)O)C(C)C. The molecule has 0 saturated heterocycles. The molecule has 32 N–H and O–H groups in total. The lowest BCUT2D eigenvalue weighted by atomic mass is 9.96. The van der Waals surface area contributed by atoms with Gasteiger partial charge in [0.2, 0.25) is 88.6 Å². The van der Waals surface area contributed by atoms with Crippen molar-refractivity contribution < 1.29 is 92.0 Å². The first-order valence-corrected chi connectivity index (χ1v) is 40.6. The fourth-order valence-corrected chi connectivity index (χ4v) is 11.5. The van der Waals surface area contributed by atoms with Gasteiger partial charge in [0.15, 0.2) is 11.9 Å². The molecule has 0 radical (unpaired) electrons. The van der Waals surface area contributed by atoms with Gasteiger partial charge in [-0.15, -0.1) is 0 Å². The highest BCUT2D eigenvalue weighted by Gasteiger charge is 2.39. The molecule has 0 unspecified atom stereocenters. The molecule has 674 valence electrons. The number of aliphatic hydroxyl groups is 2. The summed E-state index contributed by atoms with van der Waals surface area (Å²) in [7, 11) is 0. The zero-order valence-corrected chi connectivity index (χ0v) is 71.1. The second-order valence-corrected chi connectivity index (χ2v) is 30.9. The number of aliphatic carboxylic acids is 1. The summed E-state index contributed by atoms with van der Waals surface area (Å²) in [4.78, 5) is 226. The molecule has 0 aromatic carbocycles. The molecule has 43 heteroatoms. The number of hydrogen-bond acceptors (Lipinski definition) is 23. The van der Waals surface area contributed by atoms with Crippen LogP contribution < -0.4 is 120 Å². The Kier molecular flexibility index (Phi) is 52.9. The van der Waals surface area contributed by atoms with Crippen LogP contribution in [0.5, 0.6) is 0 Å². The minimum absolute atomic E-state index is 0.0204. The molecular formula is C75H140N24O19. The Morgan fingerprint density at radius 3 is 1.03 bits per heavy atom. The maximum absolute atomic E-state index is 14.3. The average Bonchev–Trinajstić information content (AvgIpc) is 0.853. The molecule has 0 aliphatic carbocycles. The molecule has 0 bridgehead atoms. The van der Waals surface area contributed by atoms with E-state index in [0.717, 1.165) is 0 Å². The van der Waals surface area contributed by atoms with Crippen molar-refractivity contribution in [1.82, 2.24) is 79.8 Å². The largest absolute Gasteiger partial charge is 0.480 e. The number of carbonyl (C=O) groups is 16. The van der Waals surface area contributed by atoms with Crippen molar-refractivity contribution >= 4 is 106 Å². The highest BCUT2D eigenvalue weighted by molar-refractivity contribution is 6.00. The number of nitrogens with two attached hydrogens (primary N) is 7. The summed E-state index contributed by atoms with van der Waals surface area (Å²) in [6.07, 6.45) is 3.22. The van der Waals surface area contributed by atoms with E-state index in [1.165, 1.54) is 0 Å². The Bertz CT molecular complexity index is 3300. The van der Waals surface area contributed by atoms with Crippen molar-refractivity contribution in [2.24, 2.45) is 91.5 Å². The molecular weight excluding hydrogens is 1540 g/mol. The topological polar surface area (TPSA) is 721 Å². The summed E-state index contributed by atoms with van der Waals surface area (Å²) in [6, 6.07) is -17.6. The number of nitrogens with one attached hydrogen (secondary N) is 15. The quantitative estimate of drug-likeness (QED) is 0.0153. The first-order valence-electron chi connectivity index (χ1n) is 40.6. The summed E-state index contributed by atoms with van der Waals surface area (Å²) in [5.41, 5.74) is 39.1. The third-order valence-electron chi connectivity index (χ3n) is 19.5. The third kappa shape index (κ3) is 41.8. The van der Waals surface area contributed by atoms with Gasteiger partial charge in [0.05, 0.1) is 38.9 Å². The van der Waals surface area contributed by atoms with Crippen LogP contribution in [0, 0.1) is 41.4 Å². The van der Waals surface area contributed by atoms with Gasteiger partial charge in [0, 0.05) is 13.1 Å². The van der Waals surface area contributed by atoms with E-state index in [4.69, 9.17) is 40.1 Å². The number of rotatable bonds is 60. The molecule has 0 saturated carbocycles. The van der Waals surface area contributed by atoms with Crippen LogP contribution in [0.3, 0.4) is 0 Å². The Morgan fingerprint density at radius 2 is 0.619 bits per heavy atom. The number of amides is 15. The van der Waals surface area contributed by atoms with Crippen molar-refractivity contribution in [2.45, 2.75) is 265 Å². The predicted molar refractivity (Wildman–Crippen MR) is 440 cm³/mol. The Hall–Kier alpha value is -10.1. The zero-order valence-electron chi connectivity index (χ0n) is 71.1. The normalized spacial score (nSPS) is 15.3. The van der Waals surface area contributed by atoms with Gasteiger partial charge in [-0.3, -0.25) is 81.9 Å². The molecule has 118 heavy (non-hydrogen) atoms. The van der Waals surface area contributed by atoms with Crippen LogP contribution in [0.4, 0.5) is 0 Å². The Morgan fingerprint density at radius 1 is 0.322 bits per heavy atom. The van der Waals surface area contributed by atoms with E-state index < -0.39 is 236 Å².